The number of hydrogen-bond acceptors (Lipinski definition) is 4. The van der Waals surface area contributed by atoms with E-state index in [-0.39, 0.29) is 11.8 Å². The van der Waals surface area contributed by atoms with Gasteiger partial charge in [0, 0.05) is 44.0 Å². The normalized spacial score (nSPS) is 14.8. The second-order valence-corrected chi connectivity index (χ2v) is 5.95. The molecule has 0 aromatic heterocycles. The van der Waals surface area contributed by atoms with Crippen LogP contribution in [0, 0.1) is 0 Å². The van der Waals surface area contributed by atoms with Gasteiger partial charge >= 0.3 is 0 Å². The van der Waals surface area contributed by atoms with E-state index >= 15 is 0 Å². The van der Waals surface area contributed by atoms with Crippen LogP contribution < -0.4 is 10.6 Å². The summed E-state index contributed by atoms with van der Waals surface area (Å²) in [5.74, 6) is 1.22. The van der Waals surface area contributed by atoms with Gasteiger partial charge in [-0.25, -0.2) is 0 Å². The van der Waals surface area contributed by atoms with Crippen molar-refractivity contribution < 1.29 is 9.59 Å². The van der Waals surface area contributed by atoms with Crippen molar-refractivity contribution in [3.63, 3.8) is 0 Å². The van der Waals surface area contributed by atoms with Crippen LogP contribution in [0.3, 0.4) is 0 Å². The summed E-state index contributed by atoms with van der Waals surface area (Å²) in [7, 11) is 0. The van der Waals surface area contributed by atoms with Crippen molar-refractivity contribution >= 4 is 29.3 Å². The summed E-state index contributed by atoms with van der Waals surface area (Å²) in [6.07, 6.45) is 0.503. The number of thioether (sulfide) groups is 1. The van der Waals surface area contributed by atoms with E-state index in [0.29, 0.717) is 17.9 Å². The lowest BCUT2D eigenvalue weighted by molar-refractivity contribution is -0.131. The summed E-state index contributed by atoms with van der Waals surface area (Å²) >= 11 is 1.50. The van der Waals surface area contributed by atoms with Crippen LogP contribution in [0.25, 0.3) is 0 Å². The van der Waals surface area contributed by atoms with E-state index in [1.807, 2.05) is 35.2 Å². The molecule has 1 aromatic carbocycles. The van der Waals surface area contributed by atoms with E-state index < -0.39 is 0 Å². The highest BCUT2D eigenvalue weighted by molar-refractivity contribution is 7.99. The first kappa shape index (κ1) is 15.9. The molecule has 1 aliphatic heterocycles. The number of carbonyl (C=O) groups is 2. The van der Waals surface area contributed by atoms with Crippen LogP contribution in [-0.4, -0.2) is 54.4 Å². The molecule has 114 valence electrons. The lowest BCUT2D eigenvalue weighted by atomic mass is 10.3. The lowest BCUT2D eigenvalue weighted by Crippen LogP contribution is -2.46. The zero-order valence-electron chi connectivity index (χ0n) is 12.0. The molecule has 0 saturated carbocycles. The number of rotatable bonds is 6. The predicted octanol–water partition coefficient (Wildman–Crippen LogP) is 1.18. The van der Waals surface area contributed by atoms with Crippen molar-refractivity contribution in [3.8, 4) is 0 Å². The van der Waals surface area contributed by atoms with E-state index in [0.717, 1.165) is 31.9 Å². The Morgan fingerprint density at radius 3 is 2.62 bits per heavy atom. The van der Waals surface area contributed by atoms with Crippen molar-refractivity contribution in [2.45, 2.75) is 6.42 Å². The Morgan fingerprint density at radius 1 is 1.19 bits per heavy atom. The molecule has 1 aliphatic rings. The van der Waals surface area contributed by atoms with Gasteiger partial charge in [-0.2, -0.15) is 11.8 Å². The lowest BCUT2D eigenvalue weighted by Gasteiger charge is -2.27. The van der Waals surface area contributed by atoms with Gasteiger partial charge < -0.3 is 15.5 Å². The summed E-state index contributed by atoms with van der Waals surface area (Å²) in [5.41, 5.74) is 0.806. The van der Waals surface area contributed by atoms with Crippen LogP contribution in [0.15, 0.2) is 30.3 Å². The summed E-state index contributed by atoms with van der Waals surface area (Å²) in [6, 6.07) is 9.39. The molecule has 0 atom stereocenters. The van der Waals surface area contributed by atoms with Gasteiger partial charge in [-0.1, -0.05) is 18.2 Å². The highest BCUT2D eigenvalue weighted by Crippen LogP contribution is 2.09. The molecule has 0 radical (unpaired) electrons. The molecular formula is C15H21N3O2S. The SMILES string of the molecule is O=C(CSCCC(=O)N1CCNCC1)Nc1ccccc1. The number of piperazine rings is 1. The first-order valence-corrected chi connectivity index (χ1v) is 8.32. The molecule has 1 heterocycles. The maximum Gasteiger partial charge on any atom is 0.234 e. The fourth-order valence-electron chi connectivity index (χ4n) is 2.12. The van der Waals surface area contributed by atoms with Crippen LogP contribution in [0.5, 0.6) is 0 Å². The summed E-state index contributed by atoms with van der Waals surface area (Å²) < 4.78 is 0. The molecular weight excluding hydrogens is 286 g/mol. The van der Waals surface area contributed by atoms with Crippen molar-refractivity contribution in [2.75, 3.05) is 43.0 Å². The molecule has 21 heavy (non-hydrogen) atoms. The Balaban J connectivity index is 1.58. The Kier molecular flexibility index (Phi) is 6.56. The molecule has 5 nitrogen and oxygen atoms in total. The number of hydrogen-bond donors (Lipinski definition) is 2. The van der Waals surface area contributed by atoms with E-state index in [1.54, 1.807) is 0 Å². The quantitative estimate of drug-likeness (QED) is 0.775. The van der Waals surface area contributed by atoms with E-state index in [9.17, 15) is 9.59 Å². The Hall–Kier alpha value is -1.53. The molecule has 0 aliphatic carbocycles. The van der Waals surface area contributed by atoms with Crippen LogP contribution >= 0.6 is 11.8 Å². The molecule has 1 aromatic rings. The zero-order valence-corrected chi connectivity index (χ0v) is 12.8. The number of nitrogens with zero attached hydrogens (tertiary/aromatic N) is 1. The third-order valence-corrected chi connectivity index (χ3v) is 4.18. The van der Waals surface area contributed by atoms with E-state index in [1.165, 1.54) is 11.8 Å². The molecule has 6 heteroatoms. The maximum absolute atomic E-state index is 11.9. The molecule has 1 fully saturated rings. The minimum absolute atomic E-state index is 0.0270. The number of para-hydroxylation sites is 1. The minimum Gasteiger partial charge on any atom is -0.340 e. The largest absolute Gasteiger partial charge is 0.340 e. The summed E-state index contributed by atoms with van der Waals surface area (Å²) in [5, 5.41) is 6.05. The second kappa shape index (κ2) is 8.69. The van der Waals surface area contributed by atoms with Gasteiger partial charge in [0.15, 0.2) is 0 Å². The number of carbonyl (C=O) groups excluding carboxylic acids is 2. The molecule has 0 unspecified atom stereocenters. The summed E-state index contributed by atoms with van der Waals surface area (Å²) in [6.45, 7) is 3.33. The predicted molar refractivity (Wildman–Crippen MR) is 86.5 cm³/mol. The van der Waals surface area contributed by atoms with Crippen LogP contribution in [0.1, 0.15) is 6.42 Å². The fourth-order valence-corrected chi connectivity index (χ4v) is 2.84. The summed E-state index contributed by atoms with van der Waals surface area (Å²) in [4.78, 5) is 25.5. The van der Waals surface area contributed by atoms with Gasteiger partial charge in [0.2, 0.25) is 11.8 Å². The standard InChI is InChI=1S/C15H21N3O2S/c19-14(17-13-4-2-1-3-5-13)12-21-11-6-15(20)18-9-7-16-8-10-18/h1-5,16H,6-12H2,(H,17,19). The number of anilines is 1. The van der Waals surface area contributed by atoms with Gasteiger partial charge in [-0.3, -0.25) is 9.59 Å². The van der Waals surface area contributed by atoms with Gasteiger partial charge in [-0.15, -0.1) is 0 Å². The van der Waals surface area contributed by atoms with Crippen LogP contribution in [-0.2, 0) is 9.59 Å². The average Bonchev–Trinajstić information content (AvgIpc) is 2.53. The van der Waals surface area contributed by atoms with E-state index in [2.05, 4.69) is 10.6 Å². The van der Waals surface area contributed by atoms with E-state index in [4.69, 9.17) is 0 Å². The molecule has 0 spiro atoms. The monoisotopic (exact) mass is 307 g/mol. The van der Waals surface area contributed by atoms with Crippen molar-refractivity contribution in [2.24, 2.45) is 0 Å². The molecule has 2 amide bonds. The van der Waals surface area contributed by atoms with Crippen molar-refractivity contribution in [1.29, 1.82) is 0 Å². The van der Waals surface area contributed by atoms with Crippen LogP contribution in [0.4, 0.5) is 5.69 Å². The molecule has 1 saturated heterocycles. The van der Waals surface area contributed by atoms with Crippen LogP contribution in [0.2, 0.25) is 0 Å². The average molecular weight is 307 g/mol. The Morgan fingerprint density at radius 2 is 1.90 bits per heavy atom. The van der Waals surface area contributed by atoms with Gasteiger partial charge in [0.25, 0.3) is 0 Å². The topological polar surface area (TPSA) is 61.4 Å². The van der Waals surface area contributed by atoms with Gasteiger partial charge in [0.05, 0.1) is 5.75 Å². The van der Waals surface area contributed by atoms with Gasteiger partial charge in [-0.05, 0) is 12.1 Å². The molecule has 2 N–H and O–H groups in total. The first-order valence-electron chi connectivity index (χ1n) is 7.17. The number of benzene rings is 1. The maximum atomic E-state index is 11.9. The third-order valence-electron chi connectivity index (χ3n) is 3.22. The van der Waals surface area contributed by atoms with Gasteiger partial charge in [0.1, 0.15) is 0 Å². The smallest absolute Gasteiger partial charge is 0.234 e. The Labute approximate surface area is 129 Å². The number of amides is 2. The highest BCUT2D eigenvalue weighted by Gasteiger charge is 2.15. The fraction of sp³-hybridized carbons (Fsp3) is 0.467. The highest BCUT2D eigenvalue weighted by atomic mass is 32.2. The first-order chi connectivity index (χ1) is 10.3. The molecule has 2 rings (SSSR count). The third kappa shape index (κ3) is 5.77. The number of nitrogens with one attached hydrogen (secondary N) is 2. The van der Waals surface area contributed by atoms with Crippen molar-refractivity contribution in [3.05, 3.63) is 30.3 Å². The molecule has 0 bridgehead atoms. The zero-order chi connectivity index (χ0) is 14.9. The second-order valence-electron chi connectivity index (χ2n) is 4.85. The minimum atomic E-state index is -0.0270. The Bertz CT molecular complexity index is 461. The van der Waals surface area contributed by atoms with Crippen molar-refractivity contribution in [1.82, 2.24) is 10.2 Å².